The van der Waals surface area contributed by atoms with Crippen LogP contribution in [-0.4, -0.2) is 87.2 Å². The van der Waals surface area contributed by atoms with E-state index in [1.54, 1.807) is 0 Å². The SMILES string of the molecule is C=CC(=O)OCCOCC(O)COc1ccccc1C12CC3CC(C1)CC(c1ccccc1OCC(O)COCCOC(=O)C=C)(C3)C2. The lowest BCUT2D eigenvalue weighted by molar-refractivity contribution is -0.140. The van der Waals surface area contributed by atoms with Gasteiger partial charge in [-0.25, -0.2) is 9.59 Å². The van der Waals surface area contributed by atoms with Gasteiger partial charge in [0.1, 0.15) is 50.1 Å². The van der Waals surface area contributed by atoms with E-state index in [1.165, 1.54) is 17.5 Å². The quantitative estimate of drug-likeness (QED) is 0.119. The number of para-hydroxylation sites is 2. The van der Waals surface area contributed by atoms with Crippen LogP contribution in [0.5, 0.6) is 11.5 Å². The minimum atomic E-state index is -0.838. The molecule has 2 aromatic rings. The van der Waals surface area contributed by atoms with Crippen molar-refractivity contribution in [1.29, 1.82) is 0 Å². The van der Waals surface area contributed by atoms with E-state index in [2.05, 4.69) is 37.4 Å². The van der Waals surface area contributed by atoms with Gasteiger partial charge in [0, 0.05) is 34.1 Å². The molecule has 4 aliphatic rings. The molecule has 4 saturated carbocycles. The maximum absolute atomic E-state index is 11.2. The Labute approximate surface area is 282 Å². The first kappa shape index (κ1) is 35.6. The fraction of sp³-hybridized carbons (Fsp3) is 0.526. The van der Waals surface area contributed by atoms with Gasteiger partial charge in [-0.3, -0.25) is 0 Å². The average molecular weight is 665 g/mol. The summed E-state index contributed by atoms with van der Waals surface area (Å²) in [4.78, 5) is 22.3. The van der Waals surface area contributed by atoms with Crippen LogP contribution in [0.15, 0.2) is 73.8 Å². The highest BCUT2D eigenvalue weighted by molar-refractivity contribution is 5.81. The van der Waals surface area contributed by atoms with Gasteiger partial charge in [-0.15, -0.1) is 0 Å². The Balaban J connectivity index is 1.23. The van der Waals surface area contributed by atoms with E-state index >= 15 is 0 Å². The molecule has 0 heterocycles. The molecule has 0 aliphatic heterocycles. The number of esters is 2. The van der Waals surface area contributed by atoms with E-state index in [-0.39, 0.29) is 63.7 Å². The van der Waals surface area contributed by atoms with Crippen LogP contribution in [-0.2, 0) is 39.4 Å². The molecule has 6 rings (SSSR count). The van der Waals surface area contributed by atoms with Gasteiger partial charge in [0.15, 0.2) is 0 Å². The molecule has 0 saturated heterocycles. The fourth-order valence-corrected chi connectivity index (χ4v) is 8.38. The van der Waals surface area contributed by atoms with Crippen LogP contribution in [0.3, 0.4) is 0 Å². The molecule has 2 N–H and O–H groups in total. The van der Waals surface area contributed by atoms with Gasteiger partial charge in [0.05, 0.1) is 26.4 Å². The van der Waals surface area contributed by atoms with Gasteiger partial charge in [-0.1, -0.05) is 49.6 Å². The van der Waals surface area contributed by atoms with Crippen LogP contribution in [0.4, 0.5) is 0 Å². The third-order valence-corrected chi connectivity index (χ3v) is 9.74. The second kappa shape index (κ2) is 16.6. The minimum Gasteiger partial charge on any atom is -0.490 e. The van der Waals surface area contributed by atoms with E-state index in [0.29, 0.717) is 11.8 Å². The van der Waals surface area contributed by atoms with Crippen LogP contribution in [0, 0.1) is 11.8 Å². The Morgan fingerprint density at radius 3 is 1.52 bits per heavy atom. The Bertz CT molecular complexity index is 1290. The summed E-state index contributed by atoms with van der Waals surface area (Å²) < 4.78 is 33.3. The molecule has 0 radical (unpaired) electrons. The molecule has 2 atom stereocenters. The zero-order valence-corrected chi connectivity index (χ0v) is 27.6. The molecule has 2 unspecified atom stereocenters. The summed E-state index contributed by atoms with van der Waals surface area (Å²) in [5, 5.41) is 21.1. The average Bonchev–Trinajstić information content (AvgIpc) is 3.09. The van der Waals surface area contributed by atoms with Crippen LogP contribution in [0.2, 0.25) is 0 Å². The van der Waals surface area contributed by atoms with Crippen molar-refractivity contribution in [2.24, 2.45) is 11.8 Å². The molecular weight excluding hydrogens is 616 g/mol. The van der Waals surface area contributed by atoms with Gasteiger partial charge < -0.3 is 38.6 Å². The highest BCUT2D eigenvalue weighted by atomic mass is 16.6. The normalized spacial score (nSPS) is 25.1. The van der Waals surface area contributed by atoms with Crippen molar-refractivity contribution in [3.63, 3.8) is 0 Å². The first-order valence-electron chi connectivity index (χ1n) is 16.8. The Morgan fingerprint density at radius 2 is 1.10 bits per heavy atom. The molecule has 4 aliphatic carbocycles. The number of aliphatic hydroxyl groups excluding tert-OH is 2. The molecule has 4 fully saturated rings. The lowest BCUT2D eigenvalue weighted by Crippen LogP contribution is -2.56. The second-order valence-corrected chi connectivity index (χ2v) is 13.3. The molecule has 48 heavy (non-hydrogen) atoms. The Kier molecular flexibility index (Phi) is 12.3. The van der Waals surface area contributed by atoms with Gasteiger partial charge in [-0.2, -0.15) is 0 Å². The maximum Gasteiger partial charge on any atom is 0.330 e. The summed E-state index contributed by atoms with van der Waals surface area (Å²) in [6.07, 6.45) is 7.11. The van der Waals surface area contributed by atoms with Crippen LogP contribution in [0.25, 0.3) is 0 Å². The molecule has 0 spiro atoms. The van der Waals surface area contributed by atoms with Crippen LogP contribution >= 0.6 is 0 Å². The second-order valence-electron chi connectivity index (χ2n) is 13.3. The summed E-state index contributed by atoms with van der Waals surface area (Å²) in [7, 11) is 0. The molecule has 260 valence electrons. The van der Waals surface area contributed by atoms with Crippen molar-refractivity contribution in [2.75, 3.05) is 52.9 Å². The predicted molar refractivity (Wildman–Crippen MR) is 178 cm³/mol. The number of carbonyl (C=O) groups excluding carboxylic acids is 2. The van der Waals surface area contributed by atoms with E-state index in [1.807, 2.05) is 24.3 Å². The molecule has 2 aromatic carbocycles. The van der Waals surface area contributed by atoms with E-state index in [4.69, 9.17) is 28.4 Å². The summed E-state index contributed by atoms with van der Waals surface area (Å²) in [5.41, 5.74) is 2.26. The third-order valence-electron chi connectivity index (χ3n) is 9.74. The predicted octanol–water partition coefficient (Wildman–Crippen LogP) is 4.45. The molecule has 4 bridgehead atoms. The van der Waals surface area contributed by atoms with Crippen molar-refractivity contribution in [1.82, 2.24) is 0 Å². The zero-order valence-electron chi connectivity index (χ0n) is 27.6. The number of carbonyl (C=O) groups is 2. The van der Waals surface area contributed by atoms with E-state index in [0.717, 1.165) is 55.8 Å². The van der Waals surface area contributed by atoms with Crippen molar-refractivity contribution in [2.45, 2.75) is 61.6 Å². The third kappa shape index (κ3) is 8.85. The standard InChI is InChI=1S/C38H48O10/c1-3-35(41)45-15-13-43-22-29(39)24-47-33-11-7-5-9-31(33)37-18-27-17-28(19-37)21-38(20-27,26-37)32-10-6-8-12-34(32)48-25-30(40)23-44-14-16-46-36(42)4-2/h3-12,27-30,39-40H,1-2,13-26H2. The summed E-state index contributed by atoms with van der Waals surface area (Å²) in [5.74, 6) is 1.72. The first-order valence-corrected chi connectivity index (χ1v) is 16.8. The number of rotatable bonds is 20. The topological polar surface area (TPSA) is 130 Å². The molecule has 0 aromatic heterocycles. The van der Waals surface area contributed by atoms with Crippen molar-refractivity contribution in [3.05, 3.63) is 85.0 Å². The van der Waals surface area contributed by atoms with Crippen molar-refractivity contribution < 1.29 is 48.2 Å². The van der Waals surface area contributed by atoms with Gasteiger partial charge in [0.25, 0.3) is 0 Å². The maximum atomic E-state index is 11.2. The van der Waals surface area contributed by atoms with E-state index in [9.17, 15) is 19.8 Å². The number of aliphatic hydroxyl groups is 2. The molecule has 10 heteroatoms. The number of hydrogen-bond donors (Lipinski definition) is 2. The van der Waals surface area contributed by atoms with Gasteiger partial charge >= 0.3 is 11.9 Å². The smallest absolute Gasteiger partial charge is 0.330 e. The van der Waals surface area contributed by atoms with Gasteiger partial charge in [-0.05, 0) is 62.5 Å². The summed E-state index contributed by atoms with van der Waals surface area (Å²) in [6, 6.07) is 16.4. The Morgan fingerprint density at radius 1 is 0.688 bits per heavy atom. The number of ether oxygens (including phenoxy) is 6. The fourth-order valence-electron chi connectivity index (χ4n) is 8.38. The minimum absolute atomic E-state index is 0.0628. The van der Waals surface area contributed by atoms with E-state index < -0.39 is 24.1 Å². The van der Waals surface area contributed by atoms with Crippen molar-refractivity contribution in [3.8, 4) is 11.5 Å². The lowest BCUT2D eigenvalue weighted by Gasteiger charge is -2.63. The monoisotopic (exact) mass is 664 g/mol. The lowest BCUT2D eigenvalue weighted by atomic mass is 9.41. The summed E-state index contributed by atoms with van der Waals surface area (Å²) >= 11 is 0. The zero-order chi connectivity index (χ0) is 34.0. The molecular formula is C38H48O10. The highest BCUT2D eigenvalue weighted by Crippen LogP contribution is 2.67. The first-order chi connectivity index (χ1) is 23.3. The number of benzene rings is 2. The largest absolute Gasteiger partial charge is 0.490 e. The van der Waals surface area contributed by atoms with Crippen LogP contribution in [0.1, 0.15) is 49.7 Å². The summed E-state index contributed by atoms with van der Waals surface area (Å²) in [6.45, 7) is 7.55. The molecule has 10 nitrogen and oxygen atoms in total. The number of hydrogen-bond acceptors (Lipinski definition) is 10. The van der Waals surface area contributed by atoms with Crippen LogP contribution < -0.4 is 9.47 Å². The molecule has 0 amide bonds. The highest BCUT2D eigenvalue weighted by Gasteiger charge is 2.59. The van der Waals surface area contributed by atoms with Gasteiger partial charge in [0.2, 0.25) is 0 Å². The van der Waals surface area contributed by atoms with Crippen molar-refractivity contribution >= 4 is 11.9 Å². The Hall–Kier alpha value is -3.70.